The highest BCUT2D eigenvalue weighted by Crippen LogP contribution is 2.27. The lowest BCUT2D eigenvalue weighted by Crippen LogP contribution is -1.88. The average molecular weight is 173 g/mol. The monoisotopic (exact) mass is 172 g/mol. The second-order valence-corrected chi connectivity index (χ2v) is 2.30. The van der Waals surface area contributed by atoms with E-state index in [2.05, 4.69) is 5.18 Å². The van der Waals surface area contributed by atoms with Crippen molar-refractivity contribution in [2.75, 3.05) is 5.48 Å². The van der Waals surface area contributed by atoms with Crippen LogP contribution in [0.25, 0.3) is 0 Å². The molecule has 0 atom stereocenters. The lowest BCUT2D eigenvalue weighted by atomic mass is 10.3. The van der Waals surface area contributed by atoms with Gasteiger partial charge in [0.2, 0.25) is 0 Å². The van der Waals surface area contributed by atoms with Crippen LogP contribution in [0.3, 0.4) is 0 Å². The molecule has 0 amide bonds. The standard InChI is InChI=1S/C6H5ClN2O2/c7-4-1-2-5(8-10)6(3-4)9-11/h1-3,9,11H. The van der Waals surface area contributed by atoms with Crippen molar-refractivity contribution in [3.63, 3.8) is 0 Å². The zero-order valence-corrected chi connectivity index (χ0v) is 6.17. The Morgan fingerprint density at radius 1 is 1.55 bits per heavy atom. The number of rotatable bonds is 2. The first-order chi connectivity index (χ1) is 5.27. The molecular formula is C6H5ClN2O2. The van der Waals surface area contributed by atoms with E-state index in [1.165, 1.54) is 18.2 Å². The molecule has 0 saturated heterocycles. The van der Waals surface area contributed by atoms with E-state index in [1.54, 1.807) is 0 Å². The van der Waals surface area contributed by atoms with Crippen LogP contribution in [0.5, 0.6) is 0 Å². The molecule has 0 aliphatic heterocycles. The van der Waals surface area contributed by atoms with Crippen LogP contribution in [-0.2, 0) is 0 Å². The molecular weight excluding hydrogens is 168 g/mol. The van der Waals surface area contributed by atoms with Gasteiger partial charge in [-0.25, -0.2) is 0 Å². The van der Waals surface area contributed by atoms with Gasteiger partial charge in [0.05, 0.1) is 5.69 Å². The number of benzene rings is 1. The van der Waals surface area contributed by atoms with Crippen molar-refractivity contribution in [2.45, 2.75) is 0 Å². The maximum atomic E-state index is 10.1. The van der Waals surface area contributed by atoms with Crippen LogP contribution in [0.2, 0.25) is 5.02 Å². The second-order valence-electron chi connectivity index (χ2n) is 1.86. The van der Waals surface area contributed by atoms with Crippen molar-refractivity contribution in [1.29, 1.82) is 0 Å². The van der Waals surface area contributed by atoms with Crippen molar-refractivity contribution in [2.24, 2.45) is 5.18 Å². The number of halogens is 1. The van der Waals surface area contributed by atoms with Gasteiger partial charge in [-0.3, -0.25) is 10.7 Å². The summed E-state index contributed by atoms with van der Waals surface area (Å²) >= 11 is 5.56. The van der Waals surface area contributed by atoms with Gasteiger partial charge in [0.1, 0.15) is 5.69 Å². The summed E-state index contributed by atoms with van der Waals surface area (Å²) in [5.74, 6) is 0. The van der Waals surface area contributed by atoms with Crippen LogP contribution in [0.1, 0.15) is 0 Å². The maximum Gasteiger partial charge on any atom is 0.133 e. The minimum atomic E-state index is 0.122. The van der Waals surface area contributed by atoms with Crippen LogP contribution in [0.15, 0.2) is 23.4 Å². The molecule has 0 aromatic heterocycles. The van der Waals surface area contributed by atoms with Crippen molar-refractivity contribution in [1.82, 2.24) is 0 Å². The minimum Gasteiger partial charge on any atom is -0.291 e. The fourth-order valence-corrected chi connectivity index (χ4v) is 0.850. The van der Waals surface area contributed by atoms with E-state index in [0.717, 1.165) is 0 Å². The van der Waals surface area contributed by atoms with Crippen LogP contribution >= 0.6 is 11.6 Å². The van der Waals surface area contributed by atoms with Crippen LogP contribution in [0.4, 0.5) is 11.4 Å². The molecule has 4 nitrogen and oxygen atoms in total. The Kier molecular flexibility index (Phi) is 2.40. The molecule has 0 saturated carbocycles. The Labute approximate surface area is 67.7 Å². The normalized spacial score (nSPS) is 9.27. The maximum absolute atomic E-state index is 10.1. The van der Waals surface area contributed by atoms with Gasteiger partial charge >= 0.3 is 0 Å². The number of hydrogen-bond acceptors (Lipinski definition) is 4. The number of nitrogens with zero attached hydrogens (tertiary/aromatic N) is 1. The topological polar surface area (TPSA) is 61.7 Å². The molecule has 1 aromatic carbocycles. The van der Waals surface area contributed by atoms with Crippen molar-refractivity contribution in [3.05, 3.63) is 28.1 Å². The number of anilines is 1. The third-order valence-corrected chi connectivity index (χ3v) is 1.41. The molecule has 0 unspecified atom stereocenters. The van der Waals surface area contributed by atoms with E-state index in [4.69, 9.17) is 16.8 Å². The van der Waals surface area contributed by atoms with Crippen molar-refractivity contribution >= 4 is 23.0 Å². The van der Waals surface area contributed by atoms with Crippen LogP contribution in [-0.4, -0.2) is 5.21 Å². The zero-order valence-electron chi connectivity index (χ0n) is 5.41. The van der Waals surface area contributed by atoms with E-state index in [1.807, 2.05) is 5.48 Å². The Balaban J connectivity index is 3.16. The van der Waals surface area contributed by atoms with Gasteiger partial charge in [-0.1, -0.05) is 11.6 Å². The van der Waals surface area contributed by atoms with E-state index in [-0.39, 0.29) is 11.4 Å². The average Bonchev–Trinajstić information content (AvgIpc) is 2.04. The van der Waals surface area contributed by atoms with Gasteiger partial charge in [-0.05, 0) is 23.4 Å². The highest BCUT2D eigenvalue weighted by Gasteiger charge is 2.00. The number of nitroso groups, excluding NO2 is 1. The molecule has 58 valence electrons. The molecule has 0 aliphatic rings. The fourth-order valence-electron chi connectivity index (χ4n) is 0.677. The van der Waals surface area contributed by atoms with Crippen LogP contribution in [0, 0.1) is 4.91 Å². The Morgan fingerprint density at radius 3 is 2.82 bits per heavy atom. The Morgan fingerprint density at radius 2 is 2.27 bits per heavy atom. The SMILES string of the molecule is O=Nc1ccc(Cl)cc1NO. The van der Waals surface area contributed by atoms with E-state index >= 15 is 0 Å². The van der Waals surface area contributed by atoms with Gasteiger partial charge in [-0.15, -0.1) is 4.91 Å². The molecule has 0 heterocycles. The molecule has 0 spiro atoms. The minimum absolute atomic E-state index is 0.122. The predicted octanol–water partition coefficient (Wildman–Crippen LogP) is 2.54. The van der Waals surface area contributed by atoms with E-state index in [0.29, 0.717) is 5.02 Å². The van der Waals surface area contributed by atoms with Gasteiger partial charge in [0.25, 0.3) is 0 Å². The first kappa shape index (κ1) is 7.97. The van der Waals surface area contributed by atoms with Gasteiger partial charge < -0.3 is 0 Å². The fraction of sp³-hybridized carbons (Fsp3) is 0. The molecule has 1 rings (SSSR count). The largest absolute Gasteiger partial charge is 0.291 e. The van der Waals surface area contributed by atoms with E-state index in [9.17, 15) is 4.91 Å². The number of hydrogen-bond donors (Lipinski definition) is 2. The lowest BCUT2D eigenvalue weighted by molar-refractivity contribution is 0.389. The molecule has 0 radical (unpaired) electrons. The molecule has 11 heavy (non-hydrogen) atoms. The van der Waals surface area contributed by atoms with Gasteiger partial charge in [0.15, 0.2) is 0 Å². The molecule has 0 bridgehead atoms. The second kappa shape index (κ2) is 3.32. The molecule has 5 heteroatoms. The summed E-state index contributed by atoms with van der Waals surface area (Å²) in [7, 11) is 0. The quantitative estimate of drug-likeness (QED) is 0.532. The number of nitrogens with one attached hydrogen (secondary N) is 1. The summed E-state index contributed by atoms with van der Waals surface area (Å²) in [6.45, 7) is 0. The lowest BCUT2D eigenvalue weighted by Gasteiger charge is -2.00. The predicted molar refractivity (Wildman–Crippen MR) is 42.3 cm³/mol. The molecule has 2 N–H and O–H groups in total. The summed E-state index contributed by atoms with van der Waals surface area (Å²) in [6.07, 6.45) is 0. The van der Waals surface area contributed by atoms with Gasteiger partial charge in [-0.2, -0.15) is 0 Å². The first-order valence-corrected chi connectivity index (χ1v) is 3.18. The summed E-state index contributed by atoms with van der Waals surface area (Å²) in [6, 6.07) is 4.32. The zero-order chi connectivity index (χ0) is 8.27. The third-order valence-electron chi connectivity index (χ3n) is 1.18. The third kappa shape index (κ3) is 1.66. The molecule has 0 fully saturated rings. The summed E-state index contributed by atoms with van der Waals surface area (Å²) in [4.78, 5) is 10.1. The van der Waals surface area contributed by atoms with Gasteiger partial charge in [0, 0.05) is 5.02 Å². The first-order valence-electron chi connectivity index (χ1n) is 2.81. The highest BCUT2D eigenvalue weighted by molar-refractivity contribution is 6.31. The van der Waals surface area contributed by atoms with E-state index < -0.39 is 0 Å². The summed E-state index contributed by atoms with van der Waals surface area (Å²) in [5, 5.41) is 11.5. The summed E-state index contributed by atoms with van der Waals surface area (Å²) in [5.41, 5.74) is 2.13. The Hall–Kier alpha value is -1.13. The smallest absolute Gasteiger partial charge is 0.133 e. The Bertz CT molecular complexity index is 277. The van der Waals surface area contributed by atoms with Crippen LogP contribution < -0.4 is 5.48 Å². The van der Waals surface area contributed by atoms with Crippen molar-refractivity contribution in [3.8, 4) is 0 Å². The molecule has 0 aliphatic carbocycles. The van der Waals surface area contributed by atoms with Crippen molar-refractivity contribution < 1.29 is 5.21 Å². The molecule has 1 aromatic rings. The highest BCUT2D eigenvalue weighted by atomic mass is 35.5. The summed E-state index contributed by atoms with van der Waals surface area (Å²) < 4.78 is 0.